The van der Waals surface area contributed by atoms with Crippen molar-refractivity contribution < 1.29 is 19.1 Å². The predicted molar refractivity (Wildman–Crippen MR) is 65.0 cm³/mol. The molecule has 0 aromatic carbocycles. The molecule has 0 radical (unpaired) electrons. The molecular weight excluding hydrogens is 234 g/mol. The summed E-state index contributed by atoms with van der Waals surface area (Å²) in [5.74, 6) is 0.0399. The van der Waals surface area contributed by atoms with Crippen molar-refractivity contribution in [2.75, 3.05) is 19.8 Å². The smallest absolute Gasteiger partial charge is 0.416 e. The Balaban J connectivity index is 1.90. The second-order valence-corrected chi connectivity index (χ2v) is 5.32. The Hall–Kier alpha value is -1.36. The molecule has 2 saturated heterocycles. The van der Waals surface area contributed by atoms with Crippen LogP contribution in [0.3, 0.4) is 0 Å². The summed E-state index contributed by atoms with van der Waals surface area (Å²) < 4.78 is 10.3. The van der Waals surface area contributed by atoms with Crippen molar-refractivity contribution in [3.8, 4) is 0 Å². The van der Waals surface area contributed by atoms with Crippen LogP contribution in [0.5, 0.6) is 0 Å². The molecule has 0 saturated carbocycles. The van der Waals surface area contributed by atoms with Crippen molar-refractivity contribution in [2.45, 2.75) is 32.3 Å². The Morgan fingerprint density at radius 1 is 1.44 bits per heavy atom. The van der Waals surface area contributed by atoms with E-state index in [2.05, 4.69) is 0 Å². The van der Waals surface area contributed by atoms with E-state index in [0.717, 1.165) is 17.7 Å². The number of hydrogen-bond acceptors (Lipinski definition) is 4. The Morgan fingerprint density at radius 2 is 2.22 bits per heavy atom. The normalized spacial score (nSPS) is 27.6. The molecule has 1 unspecified atom stereocenters. The molecule has 0 aromatic rings. The van der Waals surface area contributed by atoms with Crippen LogP contribution in [0.4, 0.5) is 4.79 Å². The van der Waals surface area contributed by atoms with Gasteiger partial charge in [0.25, 0.3) is 5.91 Å². The molecule has 0 aromatic heterocycles. The first-order valence-electron chi connectivity index (χ1n) is 6.28. The van der Waals surface area contributed by atoms with Gasteiger partial charge in [-0.2, -0.15) is 0 Å². The first-order chi connectivity index (χ1) is 8.48. The van der Waals surface area contributed by atoms with Crippen LogP contribution >= 0.6 is 0 Å². The van der Waals surface area contributed by atoms with Gasteiger partial charge < -0.3 is 9.47 Å². The van der Waals surface area contributed by atoms with Gasteiger partial charge in [0.15, 0.2) is 0 Å². The largest absolute Gasteiger partial charge is 0.447 e. The van der Waals surface area contributed by atoms with E-state index in [4.69, 9.17) is 9.47 Å². The van der Waals surface area contributed by atoms with Crippen molar-refractivity contribution in [2.24, 2.45) is 5.92 Å². The molecule has 1 atom stereocenters. The number of carbonyl (C=O) groups excluding carboxylic acids is 2. The summed E-state index contributed by atoms with van der Waals surface area (Å²) in [6, 6.07) is 0. The number of hydrogen-bond donors (Lipinski definition) is 0. The molecular formula is C13H19NO4. The number of allylic oxidation sites excluding steroid dienone is 1. The molecule has 2 rings (SSSR count). The van der Waals surface area contributed by atoms with Crippen molar-refractivity contribution in [1.82, 2.24) is 4.90 Å². The van der Waals surface area contributed by atoms with Gasteiger partial charge >= 0.3 is 6.09 Å². The first kappa shape index (κ1) is 13.1. The number of imide groups is 1. The minimum absolute atomic E-state index is 0.136. The zero-order valence-corrected chi connectivity index (χ0v) is 10.8. The summed E-state index contributed by atoms with van der Waals surface area (Å²) in [6.45, 7) is 5.45. The molecule has 2 aliphatic heterocycles. The van der Waals surface area contributed by atoms with Gasteiger partial charge in [-0.1, -0.05) is 6.08 Å². The first-order valence-corrected chi connectivity index (χ1v) is 6.28. The second-order valence-electron chi connectivity index (χ2n) is 5.32. The molecule has 0 bridgehead atoms. The van der Waals surface area contributed by atoms with Crippen LogP contribution in [-0.2, 0) is 14.3 Å². The number of ether oxygens (including phenoxy) is 2. The molecule has 5 nitrogen and oxygen atoms in total. The van der Waals surface area contributed by atoms with Gasteiger partial charge in [-0.05, 0) is 38.7 Å². The minimum Gasteiger partial charge on any atom is -0.447 e. The van der Waals surface area contributed by atoms with Crippen LogP contribution in [0, 0.1) is 5.92 Å². The summed E-state index contributed by atoms with van der Waals surface area (Å²) in [6.07, 6.45) is 4.63. The van der Waals surface area contributed by atoms with E-state index in [9.17, 15) is 9.59 Å². The van der Waals surface area contributed by atoms with E-state index in [1.165, 1.54) is 6.08 Å². The van der Waals surface area contributed by atoms with Gasteiger partial charge in [-0.25, -0.2) is 9.69 Å². The van der Waals surface area contributed by atoms with Crippen LogP contribution in [0.1, 0.15) is 26.7 Å². The van der Waals surface area contributed by atoms with E-state index in [-0.39, 0.29) is 11.5 Å². The summed E-state index contributed by atoms with van der Waals surface area (Å²) in [5, 5.41) is 0. The standard InChI is InChI=1S/C13H19NO4/c1-13(2)9-10(5-7-18-13)3-4-11(15)14-6-8-17-12(14)16/h3-4,10H,5-9H2,1-2H3. The average molecular weight is 253 g/mol. The molecule has 0 spiro atoms. The maximum absolute atomic E-state index is 11.8. The quantitative estimate of drug-likeness (QED) is 0.703. The third-order valence-corrected chi connectivity index (χ3v) is 3.27. The number of cyclic esters (lactones) is 1. The van der Waals surface area contributed by atoms with Gasteiger partial charge in [0.2, 0.25) is 0 Å². The molecule has 0 aliphatic carbocycles. The molecule has 2 aliphatic rings. The van der Waals surface area contributed by atoms with Crippen LogP contribution in [0.2, 0.25) is 0 Å². The molecule has 100 valence electrons. The Morgan fingerprint density at radius 3 is 2.83 bits per heavy atom. The zero-order chi connectivity index (χ0) is 13.2. The maximum atomic E-state index is 11.8. The van der Waals surface area contributed by atoms with Crippen molar-refractivity contribution >= 4 is 12.0 Å². The molecule has 2 fully saturated rings. The fraction of sp³-hybridized carbons (Fsp3) is 0.692. The van der Waals surface area contributed by atoms with Crippen LogP contribution in [0.15, 0.2) is 12.2 Å². The topological polar surface area (TPSA) is 55.8 Å². The fourth-order valence-corrected chi connectivity index (χ4v) is 2.35. The van der Waals surface area contributed by atoms with Crippen molar-refractivity contribution in [3.05, 3.63) is 12.2 Å². The Labute approximate surface area is 107 Å². The van der Waals surface area contributed by atoms with Crippen molar-refractivity contribution in [1.29, 1.82) is 0 Å². The summed E-state index contributed by atoms with van der Waals surface area (Å²) in [4.78, 5) is 24.1. The highest BCUT2D eigenvalue weighted by atomic mass is 16.6. The highest BCUT2D eigenvalue weighted by Gasteiger charge is 2.29. The van der Waals surface area contributed by atoms with E-state index in [0.29, 0.717) is 25.7 Å². The SMILES string of the molecule is CC1(C)CC(C=CC(=O)N2CCOC2=O)CCO1. The highest BCUT2D eigenvalue weighted by Crippen LogP contribution is 2.29. The third-order valence-electron chi connectivity index (χ3n) is 3.27. The Kier molecular flexibility index (Phi) is 3.71. The molecule has 2 amide bonds. The number of rotatable bonds is 2. The van der Waals surface area contributed by atoms with Gasteiger partial charge in [-0.3, -0.25) is 4.79 Å². The molecule has 18 heavy (non-hydrogen) atoms. The lowest BCUT2D eigenvalue weighted by Gasteiger charge is -2.34. The van der Waals surface area contributed by atoms with E-state index in [1.54, 1.807) is 0 Å². The summed E-state index contributed by atoms with van der Waals surface area (Å²) >= 11 is 0. The lowest BCUT2D eigenvalue weighted by Crippen LogP contribution is -2.34. The fourth-order valence-electron chi connectivity index (χ4n) is 2.35. The summed E-state index contributed by atoms with van der Waals surface area (Å²) in [7, 11) is 0. The summed E-state index contributed by atoms with van der Waals surface area (Å²) in [5.41, 5.74) is -0.136. The zero-order valence-electron chi connectivity index (χ0n) is 10.8. The van der Waals surface area contributed by atoms with E-state index in [1.807, 2.05) is 19.9 Å². The maximum Gasteiger partial charge on any atom is 0.416 e. The van der Waals surface area contributed by atoms with Gasteiger partial charge in [0.05, 0.1) is 12.1 Å². The number of nitrogens with zero attached hydrogens (tertiary/aromatic N) is 1. The monoisotopic (exact) mass is 253 g/mol. The van der Waals surface area contributed by atoms with E-state index < -0.39 is 6.09 Å². The van der Waals surface area contributed by atoms with Gasteiger partial charge in [0.1, 0.15) is 6.61 Å². The van der Waals surface area contributed by atoms with Gasteiger partial charge in [-0.15, -0.1) is 0 Å². The predicted octanol–water partition coefficient (Wildman–Crippen LogP) is 1.73. The third kappa shape index (κ3) is 3.10. The number of amides is 2. The lowest BCUT2D eigenvalue weighted by atomic mass is 9.88. The minimum atomic E-state index is -0.544. The second kappa shape index (κ2) is 5.10. The number of carbonyl (C=O) groups is 2. The molecule has 5 heteroatoms. The van der Waals surface area contributed by atoms with E-state index >= 15 is 0 Å². The van der Waals surface area contributed by atoms with Crippen LogP contribution in [-0.4, -0.2) is 42.3 Å². The van der Waals surface area contributed by atoms with Crippen LogP contribution in [0.25, 0.3) is 0 Å². The molecule has 0 N–H and O–H groups in total. The average Bonchev–Trinajstić information content (AvgIpc) is 2.71. The molecule has 2 heterocycles. The Bertz CT molecular complexity index is 375. The van der Waals surface area contributed by atoms with Gasteiger partial charge in [0, 0.05) is 6.61 Å². The highest BCUT2D eigenvalue weighted by molar-refractivity contribution is 5.99. The lowest BCUT2D eigenvalue weighted by molar-refractivity contribution is -0.122. The van der Waals surface area contributed by atoms with Crippen molar-refractivity contribution in [3.63, 3.8) is 0 Å². The van der Waals surface area contributed by atoms with Crippen LogP contribution < -0.4 is 0 Å².